The summed E-state index contributed by atoms with van der Waals surface area (Å²) >= 11 is 0. The van der Waals surface area contributed by atoms with Crippen molar-refractivity contribution in [1.29, 1.82) is 0 Å². The summed E-state index contributed by atoms with van der Waals surface area (Å²) in [6, 6.07) is 0.941. The van der Waals surface area contributed by atoms with E-state index in [9.17, 15) is 0 Å². The Hall–Kier alpha value is 0.194. The molecule has 8 heteroatoms. The van der Waals surface area contributed by atoms with Gasteiger partial charge in [-0.3, -0.25) is 0 Å². The summed E-state index contributed by atoms with van der Waals surface area (Å²) in [5.41, 5.74) is 0.554. The van der Waals surface area contributed by atoms with Crippen LogP contribution in [0.25, 0.3) is 0 Å². The second kappa shape index (κ2) is 21.1. The van der Waals surface area contributed by atoms with Gasteiger partial charge in [-0.25, -0.2) is 0 Å². The molecule has 0 aromatic heterocycles. The zero-order chi connectivity index (χ0) is 22.5. The Labute approximate surface area is 189 Å². The van der Waals surface area contributed by atoms with E-state index in [1.807, 2.05) is 20.8 Å². The maximum atomic E-state index is 5.92. The molecule has 0 spiro atoms. The lowest BCUT2D eigenvalue weighted by Gasteiger charge is -2.28. The van der Waals surface area contributed by atoms with Gasteiger partial charge >= 0.3 is 18.1 Å². The van der Waals surface area contributed by atoms with Crippen LogP contribution in [0.1, 0.15) is 86.5 Å². The second-order valence-electron chi connectivity index (χ2n) is 7.65. The lowest BCUT2D eigenvalue weighted by atomic mass is 10.1. The molecule has 0 aliphatic rings. The molecule has 1 atom stereocenters. The molecule has 1 unspecified atom stereocenters. The van der Waals surface area contributed by atoms with Gasteiger partial charge in [0.05, 0.1) is 0 Å². The molecule has 0 aliphatic carbocycles. The van der Waals surface area contributed by atoms with E-state index in [1.54, 1.807) is 0 Å². The van der Waals surface area contributed by atoms with Gasteiger partial charge in [0.2, 0.25) is 0 Å². The molecule has 182 valence electrons. The van der Waals surface area contributed by atoms with Crippen molar-refractivity contribution in [2.24, 2.45) is 0 Å². The Morgan fingerprint density at radius 2 is 1.17 bits per heavy atom. The van der Waals surface area contributed by atoms with Crippen LogP contribution in [0, 0.1) is 0 Å². The van der Waals surface area contributed by atoms with Crippen LogP contribution in [0.15, 0.2) is 0 Å². The first-order valence-corrected chi connectivity index (χ1v) is 16.0. The highest BCUT2D eigenvalue weighted by Crippen LogP contribution is 2.20. The summed E-state index contributed by atoms with van der Waals surface area (Å²) in [7, 11) is -3.94. The molecule has 0 amide bonds. The second-order valence-corrected chi connectivity index (χ2v) is 12.9. The quantitative estimate of drug-likeness (QED) is 0.168. The molecular formula is C22H51NO5Si2. The Bertz CT molecular complexity index is 343. The molecule has 0 aliphatic heterocycles. The fraction of sp³-hybridized carbons (Fsp3) is 1.00. The molecule has 30 heavy (non-hydrogen) atoms. The molecule has 0 rings (SSSR count). The van der Waals surface area contributed by atoms with Gasteiger partial charge in [0.25, 0.3) is 0 Å². The first-order valence-electron chi connectivity index (χ1n) is 12.4. The van der Waals surface area contributed by atoms with Crippen LogP contribution < -0.4 is 5.32 Å². The first kappa shape index (κ1) is 30.2. The van der Waals surface area contributed by atoms with E-state index in [4.69, 9.17) is 22.1 Å². The molecule has 0 bridgehead atoms. The summed E-state index contributed by atoms with van der Waals surface area (Å²) in [5.74, 6) is 0. The van der Waals surface area contributed by atoms with Crippen LogP contribution in [0.5, 0.6) is 0 Å². The van der Waals surface area contributed by atoms with Gasteiger partial charge < -0.3 is 27.4 Å². The van der Waals surface area contributed by atoms with Crippen LogP contribution >= 0.6 is 0 Å². The minimum Gasteiger partial charge on any atom is -0.397 e. The highest BCUT2D eigenvalue weighted by atomic mass is 28.4. The Morgan fingerprint density at radius 1 is 0.667 bits per heavy atom. The molecule has 0 aromatic rings. The predicted octanol–water partition coefficient (Wildman–Crippen LogP) is 5.04. The molecule has 0 saturated carbocycles. The number of hydrogen-bond donors (Lipinski definition) is 1. The lowest BCUT2D eigenvalue weighted by molar-refractivity contribution is 0.0706. The fourth-order valence-electron chi connectivity index (χ4n) is 3.60. The number of unbranched alkanes of at least 4 members (excludes halogenated alkanes) is 5. The standard InChI is InChI=1S/C22H51NO5Si2/c1-7-24-29(25-8-2)22(6)18-20-23-19-16-14-12-13-15-17-21-30(26-9-3,27-10-4)28-11-5/h22-23,29H,7-21H2,1-6H3. The Balaban J connectivity index is 3.73. The first-order chi connectivity index (χ1) is 14.6. The number of hydrogen-bond acceptors (Lipinski definition) is 6. The summed E-state index contributed by atoms with van der Waals surface area (Å²) < 4.78 is 29.4. The van der Waals surface area contributed by atoms with Crippen molar-refractivity contribution in [3.63, 3.8) is 0 Å². The lowest BCUT2D eigenvalue weighted by Crippen LogP contribution is -2.45. The third-order valence-electron chi connectivity index (χ3n) is 5.08. The van der Waals surface area contributed by atoms with Crippen LogP contribution in [0.4, 0.5) is 0 Å². The number of nitrogens with one attached hydrogen (secondary N) is 1. The maximum absolute atomic E-state index is 5.92. The van der Waals surface area contributed by atoms with Crippen molar-refractivity contribution in [1.82, 2.24) is 5.32 Å². The molecule has 0 radical (unpaired) electrons. The van der Waals surface area contributed by atoms with Crippen LogP contribution in [0.2, 0.25) is 11.6 Å². The van der Waals surface area contributed by atoms with E-state index in [2.05, 4.69) is 26.1 Å². The summed E-state index contributed by atoms with van der Waals surface area (Å²) in [5, 5.41) is 3.59. The van der Waals surface area contributed by atoms with Gasteiger partial charge in [-0.1, -0.05) is 32.6 Å². The van der Waals surface area contributed by atoms with Crippen molar-refractivity contribution in [2.45, 2.75) is 98.1 Å². The predicted molar refractivity (Wildman–Crippen MR) is 130 cm³/mol. The molecule has 0 saturated heterocycles. The van der Waals surface area contributed by atoms with Gasteiger partial charge in [-0.05, 0) is 72.5 Å². The SMILES string of the molecule is CCO[SiH](OCC)C(C)CCNCCCCCCCC[Si](OCC)(OCC)OCC. The molecule has 6 nitrogen and oxygen atoms in total. The van der Waals surface area contributed by atoms with E-state index in [-0.39, 0.29) is 0 Å². The van der Waals surface area contributed by atoms with Gasteiger partial charge in [0, 0.05) is 39.1 Å². The average molecular weight is 466 g/mol. The highest BCUT2D eigenvalue weighted by Gasteiger charge is 2.39. The van der Waals surface area contributed by atoms with Crippen molar-refractivity contribution >= 4 is 18.1 Å². The third-order valence-corrected chi connectivity index (χ3v) is 10.8. The highest BCUT2D eigenvalue weighted by molar-refractivity contribution is 6.60. The largest absolute Gasteiger partial charge is 0.500 e. The van der Waals surface area contributed by atoms with Crippen LogP contribution in [0.3, 0.4) is 0 Å². The van der Waals surface area contributed by atoms with Gasteiger partial charge in [-0.2, -0.15) is 0 Å². The number of rotatable bonds is 23. The summed E-state index contributed by atoms with van der Waals surface area (Å²) in [6.07, 6.45) is 8.63. The molecule has 1 N–H and O–H groups in total. The van der Waals surface area contributed by atoms with E-state index in [0.29, 0.717) is 25.4 Å². The Morgan fingerprint density at radius 3 is 1.67 bits per heavy atom. The van der Waals surface area contributed by atoms with Crippen molar-refractivity contribution in [3.05, 3.63) is 0 Å². The summed E-state index contributed by atoms with van der Waals surface area (Å²) in [4.78, 5) is 0. The smallest absolute Gasteiger partial charge is 0.397 e. The van der Waals surface area contributed by atoms with E-state index in [0.717, 1.165) is 45.2 Å². The van der Waals surface area contributed by atoms with Crippen molar-refractivity contribution in [3.8, 4) is 0 Å². The van der Waals surface area contributed by atoms with E-state index in [1.165, 1.54) is 32.1 Å². The van der Waals surface area contributed by atoms with Gasteiger partial charge in [0.1, 0.15) is 0 Å². The average Bonchev–Trinajstić information content (AvgIpc) is 2.72. The zero-order valence-electron chi connectivity index (χ0n) is 20.8. The molecular weight excluding hydrogens is 414 g/mol. The van der Waals surface area contributed by atoms with Crippen LogP contribution in [-0.2, 0) is 22.1 Å². The molecule has 0 fully saturated rings. The van der Waals surface area contributed by atoms with Crippen molar-refractivity contribution < 1.29 is 22.1 Å². The summed E-state index contributed by atoms with van der Waals surface area (Å²) in [6.45, 7) is 18.1. The van der Waals surface area contributed by atoms with Gasteiger partial charge in [-0.15, -0.1) is 0 Å². The fourth-order valence-corrected chi connectivity index (χ4v) is 8.13. The molecule has 0 aromatic carbocycles. The molecule has 0 heterocycles. The Kier molecular flexibility index (Phi) is 21.2. The zero-order valence-corrected chi connectivity index (χ0v) is 23.0. The van der Waals surface area contributed by atoms with E-state index < -0.39 is 18.1 Å². The van der Waals surface area contributed by atoms with Crippen LogP contribution in [-0.4, -0.2) is 64.2 Å². The maximum Gasteiger partial charge on any atom is 0.500 e. The van der Waals surface area contributed by atoms with Gasteiger partial charge in [0.15, 0.2) is 0 Å². The minimum atomic E-state index is -2.44. The topological polar surface area (TPSA) is 58.2 Å². The van der Waals surface area contributed by atoms with Crippen molar-refractivity contribution in [2.75, 3.05) is 46.1 Å². The monoisotopic (exact) mass is 465 g/mol. The minimum absolute atomic E-state index is 0.554. The van der Waals surface area contributed by atoms with E-state index >= 15 is 0 Å². The normalized spacial score (nSPS) is 13.3. The third kappa shape index (κ3) is 15.1.